The Bertz CT molecular complexity index is 480. The lowest BCUT2D eigenvalue weighted by Crippen LogP contribution is -2.48. The van der Waals surface area contributed by atoms with E-state index in [-0.39, 0.29) is 5.91 Å². The zero-order valence-electron chi connectivity index (χ0n) is 11.9. The Morgan fingerprint density at radius 2 is 2.10 bits per heavy atom. The van der Waals surface area contributed by atoms with Gasteiger partial charge in [-0.15, -0.1) is 0 Å². The van der Waals surface area contributed by atoms with E-state index in [1.807, 2.05) is 4.90 Å². The molecule has 1 aliphatic carbocycles. The molecule has 1 N–H and O–H groups in total. The van der Waals surface area contributed by atoms with Crippen LogP contribution in [0.3, 0.4) is 0 Å². The summed E-state index contributed by atoms with van der Waals surface area (Å²) in [6, 6.07) is 2.19. The quantitative estimate of drug-likeness (QED) is 0.882. The summed E-state index contributed by atoms with van der Waals surface area (Å²) in [5.74, 6) is 0.590. The third-order valence-electron chi connectivity index (χ3n) is 3.89. The SMILES string of the molecule is CCN1CCN(C(=O)c2ccnc(NC3CC3)n2)CC1. The fourth-order valence-corrected chi connectivity index (χ4v) is 2.39. The van der Waals surface area contributed by atoms with Crippen molar-refractivity contribution in [3.63, 3.8) is 0 Å². The number of carbonyl (C=O) groups is 1. The number of piperazine rings is 1. The summed E-state index contributed by atoms with van der Waals surface area (Å²) >= 11 is 0. The van der Waals surface area contributed by atoms with Gasteiger partial charge in [0.2, 0.25) is 5.95 Å². The second-order valence-electron chi connectivity index (χ2n) is 5.41. The van der Waals surface area contributed by atoms with Crippen LogP contribution >= 0.6 is 0 Å². The smallest absolute Gasteiger partial charge is 0.272 e. The van der Waals surface area contributed by atoms with Gasteiger partial charge in [0.1, 0.15) is 5.69 Å². The van der Waals surface area contributed by atoms with Crippen molar-refractivity contribution in [3.05, 3.63) is 18.0 Å². The molecule has 1 aliphatic heterocycles. The van der Waals surface area contributed by atoms with E-state index in [0.29, 0.717) is 17.7 Å². The molecule has 0 atom stereocenters. The van der Waals surface area contributed by atoms with Crippen LogP contribution in [0.4, 0.5) is 5.95 Å². The number of nitrogens with one attached hydrogen (secondary N) is 1. The van der Waals surface area contributed by atoms with E-state index in [4.69, 9.17) is 0 Å². The highest BCUT2D eigenvalue weighted by Gasteiger charge is 2.24. The largest absolute Gasteiger partial charge is 0.351 e. The topological polar surface area (TPSA) is 61.4 Å². The van der Waals surface area contributed by atoms with Gasteiger partial charge in [-0.1, -0.05) is 6.92 Å². The fraction of sp³-hybridized carbons (Fsp3) is 0.643. The van der Waals surface area contributed by atoms with E-state index >= 15 is 0 Å². The van der Waals surface area contributed by atoms with Crippen molar-refractivity contribution < 1.29 is 4.79 Å². The standard InChI is InChI=1S/C14H21N5O/c1-2-18-7-9-19(10-8-18)13(20)12-5-6-15-14(17-12)16-11-3-4-11/h5-6,11H,2-4,7-10H2,1H3,(H,15,16,17). The first-order chi connectivity index (χ1) is 9.76. The molecule has 0 bridgehead atoms. The molecule has 1 amide bonds. The third-order valence-corrected chi connectivity index (χ3v) is 3.89. The highest BCUT2D eigenvalue weighted by atomic mass is 16.2. The Labute approximate surface area is 119 Å². The van der Waals surface area contributed by atoms with Gasteiger partial charge in [-0.05, 0) is 25.5 Å². The second kappa shape index (κ2) is 5.75. The molecule has 0 unspecified atom stereocenters. The highest BCUT2D eigenvalue weighted by molar-refractivity contribution is 5.92. The summed E-state index contributed by atoms with van der Waals surface area (Å²) in [6.07, 6.45) is 3.99. The first kappa shape index (κ1) is 13.3. The van der Waals surface area contributed by atoms with Crippen molar-refractivity contribution in [3.8, 4) is 0 Å². The number of hydrogen-bond acceptors (Lipinski definition) is 5. The molecule has 108 valence electrons. The van der Waals surface area contributed by atoms with Gasteiger partial charge < -0.3 is 15.1 Å². The molecule has 0 radical (unpaired) electrons. The molecule has 1 aromatic rings. The molecule has 20 heavy (non-hydrogen) atoms. The summed E-state index contributed by atoms with van der Waals surface area (Å²) in [5, 5.41) is 3.23. The molecule has 2 heterocycles. The van der Waals surface area contributed by atoms with Crippen LogP contribution in [0.1, 0.15) is 30.3 Å². The van der Waals surface area contributed by atoms with Gasteiger partial charge in [-0.25, -0.2) is 9.97 Å². The molecule has 2 fully saturated rings. The van der Waals surface area contributed by atoms with Crippen LogP contribution in [-0.4, -0.2) is 64.4 Å². The van der Waals surface area contributed by atoms with Gasteiger partial charge in [-0.3, -0.25) is 4.79 Å². The molecule has 0 aromatic carbocycles. The number of aromatic nitrogens is 2. The second-order valence-corrected chi connectivity index (χ2v) is 5.41. The summed E-state index contributed by atoms with van der Waals surface area (Å²) in [7, 11) is 0. The summed E-state index contributed by atoms with van der Waals surface area (Å²) in [4.78, 5) is 25.2. The molecule has 6 nitrogen and oxygen atoms in total. The number of likely N-dealkylation sites (N-methyl/N-ethyl adjacent to an activating group) is 1. The predicted molar refractivity (Wildman–Crippen MR) is 76.7 cm³/mol. The maximum atomic E-state index is 12.4. The number of nitrogens with zero attached hydrogens (tertiary/aromatic N) is 4. The summed E-state index contributed by atoms with van der Waals surface area (Å²) in [5.41, 5.74) is 0.494. The average molecular weight is 275 g/mol. The zero-order chi connectivity index (χ0) is 13.9. The van der Waals surface area contributed by atoms with E-state index < -0.39 is 0 Å². The molecular weight excluding hydrogens is 254 g/mol. The minimum absolute atomic E-state index is 0.0157. The lowest BCUT2D eigenvalue weighted by atomic mass is 10.2. The highest BCUT2D eigenvalue weighted by Crippen LogP contribution is 2.22. The van der Waals surface area contributed by atoms with Gasteiger partial charge in [0, 0.05) is 38.4 Å². The molecule has 1 saturated heterocycles. The van der Waals surface area contributed by atoms with Crippen molar-refractivity contribution in [2.75, 3.05) is 38.0 Å². The average Bonchev–Trinajstić information content (AvgIpc) is 3.31. The normalized spacial score (nSPS) is 19.9. The van der Waals surface area contributed by atoms with Crippen LogP contribution in [0.5, 0.6) is 0 Å². The maximum Gasteiger partial charge on any atom is 0.272 e. The summed E-state index contributed by atoms with van der Waals surface area (Å²) < 4.78 is 0. The van der Waals surface area contributed by atoms with Crippen LogP contribution in [0.25, 0.3) is 0 Å². The molecule has 2 aliphatic rings. The number of amides is 1. The Hall–Kier alpha value is -1.69. The molecule has 6 heteroatoms. The van der Waals surface area contributed by atoms with Crippen LogP contribution < -0.4 is 5.32 Å². The summed E-state index contributed by atoms with van der Waals surface area (Å²) in [6.45, 7) is 6.65. The van der Waals surface area contributed by atoms with Crippen molar-refractivity contribution in [1.29, 1.82) is 0 Å². The van der Waals surface area contributed by atoms with E-state index in [2.05, 4.69) is 27.1 Å². The van der Waals surface area contributed by atoms with Crippen molar-refractivity contribution in [1.82, 2.24) is 19.8 Å². The van der Waals surface area contributed by atoms with Crippen LogP contribution in [0.2, 0.25) is 0 Å². The van der Waals surface area contributed by atoms with Gasteiger partial charge >= 0.3 is 0 Å². The van der Waals surface area contributed by atoms with E-state index in [1.165, 1.54) is 12.8 Å². The van der Waals surface area contributed by atoms with E-state index in [9.17, 15) is 4.79 Å². The molecule has 0 spiro atoms. The Morgan fingerprint density at radius 1 is 1.35 bits per heavy atom. The van der Waals surface area contributed by atoms with Gasteiger partial charge in [0.25, 0.3) is 5.91 Å². The fourth-order valence-electron chi connectivity index (χ4n) is 2.39. The van der Waals surface area contributed by atoms with Crippen molar-refractivity contribution >= 4 is 11.9 Å². The lowest BCUT2D eigenvalue weighted by Gasteiger charge is -2.33. The van der Waals surface area contributed by atoms with E-state index in [1.54, 1.807) is 12.3 Å². The first-order valence-corrected chi connectivity index (χ1v) is 7.37. The number of carbonyl (C=O) groups excluding carboxylic acids is 1. The lowest BCUT2D eigenvalue weighted by molar-refractivity contribution is 0.0637. The van der Waals surface area contributed by atoms with Gasteiger partial charge in [0.15, 0.2) is 0 Å². The van der Waals surface area contributed by atoms with Crippen molar-refractivity contribution in [2.24, 2.45) is 0 Å². The third kappa shape index (κ3) is 3.07. The Kier molecular flexibility index (Phi) is 3.82. The zero-order valence-corrected chi connectivity index (χ0v) is 11.9. The van der Waals surface area contributed by atoms with Crippen LogP contribution in [0.15, 0.2) is 12.3 Å². The van der Waals surface area contributed by atoms with Gasteiger partial charge in [-0.2, -0.15) is 0 Å². The maximum absolute atomic E-state index is 12.4. The molecule has 3 rings (SSSR count). The number of hydrogen-bond donors (Lipinski definition) is 1. The Morgan fingerprint density at radius 3 is 2.75 bits per heavy atom. The first-order valence-electron chi connectivity index (χ1n) is 7.37. The minimum Gasteiger partial charge on any atom is -0.351 e. The van der Waals surface area contributed by atoms with Crippen LogP contribution in [-0.2, 0) is 0 Å². The van der Waals surface area contributed by atoms with E-state index in [0.717, 1.165) is 32.7 Å². The number of anilines is 1. The monoisotopic (exact) mass is 275 g/mol. The molecule has 1 aromatic heterocycles. The Balaban J connectivity index is 1.64. The molecule has 1 saturated carbocycles. The van der Waals surface area contributed by atoms with Crippen molar-refractivity contribution in [2.45, 2.75) is 25.8 Å². The molecular formula is C14H21N5O. The van der Waals surface area contributed by atoms with Crippen LogP contribution in [0, 0.1) is 0 Å². The van der Waals surface area contributed by atoms with Gasteiger partial charge in [0.05, 0.1) is 0 Å². The minimum atomic E-state index is 0.0157. The number of rotatable bonds is 4. The predicted octanol–water partition coefficient (Wildman–Crippen LogP) is 0.829.